The predicted octanol–water partition coefficient (Wildman–Crippen LogP) is 4.53. The van der Waals surface area contributed by atoms with Crippen LogP contribution < -0.4 is 9.64 Å². The first-order chi connectivity index (χ1) is 12.7. The van der Waals surface area contributed by atoms with Crippen LogP contribution in [0.2, 0.25) is 0 Å². The van der Waals surface area contributed by atoms with Crippen molar-refractivity contribution in [2.24, 2.45) is 0 Å². The fraction of sp³-hybridized carbons (Fsp3) is 0.136. The number of nitrogens with zero attached hydrogens (tertiary/aromatic N) is 1. The van der Waals surface area contributed by atoms with Crippen LogP contribution in [-0.4, -0.2) is 24.2 Å². The summed E-state index contributed by atoms with van der Waals surface area (Å²) in [7, 11) is 1.61. The van der Waals surface area contributed by atoms with Gasteiger partial charge < -0.3 is 14.7 Å². The standard InChI is InChI=1S/C22H21NO3/c1-26-20-14-12-17(13-15-20)16-21(22(24)25)23(18-8-4-2-5-9-18)19-10-6-3-7-11-19/h2-15,21H,16H2,1H3,(H,24,25)/t21-/m0/s1. The summed E-state index contributed by atoms with van der Waals surface area (Å²) < 4.78 is 5.18. The Morgan fingerprint density at radius 2 is 1.38 bits per heavy atom. The lowest BCUT2D eigenvalue weighted by atomic mass is 10.0. The summed E-state index contributed by atoms with van der Waals surface area (Å²) in [5.74, 6) is -0.114. The van der Waals surface area contributed by atoms with Crippen molar-refractivity contribution in [3.63, 3.8) is 0 Å². The molecule has 0 aliphatic heterocycles. The minimum atomic E-state index is -0.867. The quantitative estimate of drug-likeness (QED) is 0.682. The first kappa shape index (κ1) is 17.5. The lowest BCUT2D eigenvalue weighted by molar-refractivity contribution is -0.138. The van der Waals surface area contributed by atoms with Crippen molar-refractivity contribution >= 4 is 17.3 Å². The second-order valence-corrected chi connectivity index (χ2v) is 5.95. The van der Waals surface area contributed by atoms with E-state index in [0.29, 0.717) is 6.42 Å². The Bertz CT molecular complexity index is 793. The molecule has 4 heteroatoms. The summed E-state index contributed by atoms with van der Waals surface area (Å²) in [4.78, 5) is 14.0. The molecule has 3 aromatic rings. The summed E-state index contributed by atoms with van der Waals surface area (Å²) >= 11 is 0. The number of aliphatic carboxylic acids is 1. The van der Waals surface area contributed by atoms with E-state index in [0.717, 1.165) is 22.7 Å². The highest BCUT2D eigenvalue weighted by Crippen LogP contribution is 2.29. The third kappa shape index (κ3) is 4.03. The second-order valence-electron chi connectivity index (χ2n) is 5.95. The molecule has 0 fully saturated rings. The maximum Gasteiger partial charge on any atom is 0.327 e. The first-order valence-electron chi connectivity index (χ1n) is 8.44. The zero-order valence-corrected chi connectivity index (χ0v) is 14.6. The minimum Gasteiger partial charge on any atom is -0.497 e. The summed E-state index contributed by atoms with van der Waals surface area (Å²) in [5, 5.41) is 9.96. The number of para-hydroxylation sites is 2. The van der Waals surface area contributed by atoms with Crippen LogP contribution in [0.5, 0.6) is 5.75 Å². The molecule has 0 radical (unpaired) electrons. The average Bonchev–Trinajstić information content (AvgIpc) is 2.69. The van der Waals surface area contributed by atoms with Gasteiger partial charge in [-0.3, -0.25) is 0 Å². The van der Waals surface area contributed by atoms with Crippen molar-refractivity contribution in [3.05, 3.63) is 90.5 Å². The van der Waals surface area contributed by atoms with Gasteiger partial charge >= 0.3 is 5.97 Å². The van der Waals surface area contributed by atoms with Crippen molar-refractivity contribution < 1.29 is 14.6 Å². The van der Waals surface area contributed by atoms with Crippen molar-refractivity contribution in [3.8, 4) is 5.75 Å². The lowest BCUT2D eigenvalue weighted by Crippen LogP contribution is -2.39. The largest absolute Gasteiger partial charge is 0.497 e. The number of carboxylic acid groups (broad SMARTS) is 1. The number of benzene rings is 3. The van der Waals surface area contributed by atoms with Crippen LogP contribution in [0.4, 0.5) is 11.4 Å². The predicted molar refractivity (Wildman–Crippen MR) is 103 cm³/mol. The number of carboxylic acids is 1. The highest BCUT2D eigenvalue weighted by molar-refractivity contribution is 5.83. The van der Waals surface area contributed by atoms with E-state index in [1.54, 1.807) is 7.11 Å². The molecule has 0 aliphatic rings. The van der Waals surface area contributed by atoms with Gasteiger partial charge in [0.05, 0.1) is 7.11 Å². The third-order valence-corrected chi connectivity index (χ3v) is 4.25. The maximum absolute atomic E-state index is 12.1. The molecular formula is C22H21NO3. The monoisotopic (exact) mass is 347 g/mol. The molecule has 3 aromatic carbocycles. The molecule has 0 saturated carbocycles. The van der Waals surface area contributed by atoms with Crippen LogP contribution in [-0.2, 0) is 11.2 Å². The Morgan fingerprint density at radius 3 is 1.81 bits per heavy atom. The van der Waals surface area contributed by atoms with Gasteiger partial charge in [0, 0.05) is 17.8 Å². The molecule has 0 amide bonds. The van der Waals surface area contributed by atoms with Crippen LogP contribution in [0.25, 0.3) is 0 Å². The molecular weight excluding hydrogens is 326 g/mol. The average molecular weight is 347 g/mol. The summed E-state index contributed by atoms with van der Waals surface area (Å²) in [6.07, 6.45) is 0.378. The molecule has 0 heterocycles. The molecule has 26 heavy (non-hydrogen) atoms. The van der Waals surface area contributed by atoms with E-state index in [2.05, 4.69) is 0 Å². The van der Waals surface area contributed by atoms with Gasteiger partial charge in [0.15, 0.2) is 0 Å². The normalized spacial score (nSPS) is 11.6. The van der Waals surface area contributed by atoms with E-state index in [9.17, 15) is 9.90 Å². The summed E-state index contributed by atoms with van der Waals surface area (Å²) in [5.41, 5.74) is 2.63. The minimum absolute atomic E-state index is 0.378. The topological polar surface area (TPSA) is 49.8 Å². The van der Waals surface area contributed by atoms with Gasteiger partial charge in [-0.25, -0.2) is 4.79 Å². The van der Waals surface area contributed by atoms with E-state index in [-0.39, 0.29) is 0 Å². The van der Waals surface area contributed by atoms with Crippen LogP contribution in [0.15, 0.2) is 84.9 Å². The first-order valence-corrected chi connectivity index (χ1v) is 8.44. The van der Waals surface area contributed by atoms with Crippen molar-refractivity contribution in [2.75, 3.05) is 12.0 Å². The number of anilines is 2. The number of hydrogen-bond donors (Lipinski definition) is 1. The molecule has 0 aromatic heterocycles. The molecule has 1 N–H and O–H groups in total. The van der Waals surface area contributed by atoms with Crippen LogP contribution >= 0.6 is 0 Å². The Kier molecular flexibility index (Phi) is 5.54. The summed E-state index contributed by atoms with van der Waals surface area (Å²) in [6.45, 7) is 0. The van der Waals surface area contributed by atoms with Gasteiger partial charge in [-0.2, -0.15) is 0 Å². The molecule has 4 nitrogen and oxygen atoms in total. The summed E-state index contributed by atoms with van der Waals surface area (Å²) in [6, 6.07) is 26.0. The van der Waals surface area contributed by atoms with Crippen LogP contribution in [0.1, 0.15) is 5.56 Å². The number of methoxy groups -OCH3 is 1. The molecule has 0 aliphatic carbocycles. The number of ether oxygens (including phenoxy) is 1. The molecule has 0 bridgehead atoms. The molecule has 0 spiro atoms. The van der Waals surface area contributed by atoms with Gasteiger partial charge in [0.1, 0.15) is 11.8 Å². The lowest BCUT2D eigenvalue weighted by Gasteiger charge is -2.31. The molecule has 0 unspecified atom stereocenters. The fourth-order valence-electron chi connectivity index (χ4n) is 2.96. The van der Waals surface area contributed by atoms with E-state index in [4.69, 9.17) is 4.74 Å². The Morgan fingerprint density at radius 1 is 0.885 bits per heavy atom. The smallest absolute Gasteiger partial charge is 0.327 e. The van der Waals surface area contributed by atoms with Gasteiger partial charge in [0.25, 0.3) is 0 Å². The number of rotatable bonds is 7. The van der Waals surface area contributed by atoms with Crippen LogP contribution in [0.3, 0.4) is 0 Å². The van der Waals surface area contributed by atoms with Crippen molar-refractivity contribution in [1.82, 2.24) is 0 Å². The molecule has 3 rings (SSSR count). The molecule has 132 valence electrons. The van der Waals surface area contributed by atoms with Crippen molar-refractivity contribution in [1.29, 1.82) is 0 Å². The zero-order chi connectivity index (χ0) is 18.4. The Labute approximate surface area is 153 Å². The van der Waals surface area contributed by atoms with Gasteiger partial charge in [0.2, 0.25) is 0 Å². The van der Waals surface area contributed by atoms with Gasteiger partial charge in [-0.15, -0.1) is 0 Å². The number of hydrogen-bond acceptors (Lipinski definition) is 3. The van der Waals surface area contributed by atoms with E-state index < -0.39 is 12.0 Å². The Balaban J connectivity index is 1.99. The van der Waals surface area contributed by atoms with E-state index >= 15 is 0 Å². The second kappa shape index (κ2) is 8.21. The van der Waals surface area contributed by atoms with Crippen molar-refractivity contribution in [2.45, 2.75) is 12.5 Å². The fourth-order valence-corrected chi connectivity index (χ4v) is 2.96. The molecule has 1 atom stereocenters. The zero-order valence-electron chi connectivity index (χ0n) is 14.6. The van der Waals surface area contributed by atoms with Crippen LogP contribution in [0, 0.1) is 0 Å². The highest BCUT2D eigenvalue weighted by atomic mass is 16.5. The number of carbonyl (C=O) groups is 1. The van der Waals surface area contributed by atoms with Gasteiger partial charge in [-0.1, -0.05) is 48.5 Å². The maximum atomic E-state index is 12.1. The molecule has 0 saturated heterocycles. The third-order valence-electron chi connectivity index (χ3n) is 4.25. The van der Waals surface area contributed by atoms with E-state index in [1.165, 1.54) is 0 Å². The Hall–Kier alpha value is -3.27. The van der Waals surface area contributed by atoms with Gasteiger partial charge in [-0.05, 0) is 42.0 Å². The highest BCUT2D eigenvalue weighted by Gasteiger charge is 2.27. The van der Waals surface area contributed by atoms with E-state index in [1.807, 2.05) is 89.8 Å². The SMILES string of the molecule is COc1ccc(C[C@@H](C(=O)O)N(c2ccccc2)c2ccccc2)cc1.